The zero-order valence-electron chi connectivity index (χ0n) is 13.4. The maximum absolute atomic E-state index is 10.1. The molecule has 0 atom stereocenters. The van der Waals surface area contributed by atoms with Gasteiger partial charge in [0.15, 0.2) is 0 Å². The van der Waals surface area contributed by atoms with E-state index in [-0.39, 0.29) is 11.2 Å². The van der Waals surface area contributed by atoms with Crippen LogP contribution in [-0.2, 0) is 5.41 Å². The van der Waals surface area contributed by atoms with E-state index in [4.69, 9.17) is 0 Å². The van der Waals surface area contributed by atoms with Crippen LogP contribution in [0.4, 0.5) is 5.13 Å². The minimum atomic E-state index is 0.0219. The summed E-state index contributed by atoms with van der Waals surface area (Å²) in [7, 11) is 0. The van der Waals surface area contributed by atoms with Gasteiger partial charge in [-0.15, -0.1) is 11.3 Å². The van der Waals surface area contributed by atoms with Gasteiger partial charge in [0.05, 0.1) is 11.9 Å². The first-order valence-electron chi connectivity index (χ1n) is 7.41. The van der Waals surface area contributed by atoms with Gasteiger partial charge in [-0.05, 0) is 16.8 Å². The van der Waals surface area contributed by atoms with Crippen molar-refractivity contribution in [3.05, 3.63) is 53.0 Å². The number of hydrazone groups is 1. The van der Waals surface area contributed by atoms with Gasteiger partial charge >= 0.3 is 0 Å². The van der Waals surface area contributed by atoms with Gasteiger partial charge < -0.3 is 5.11 Å². The van der Waals surface area contributed by atoms with E-state index in [9.17, 15) is 5.11 Å². The van der Waals surface area contributed by atoms with Crippen molar-refractivity contribution in [3.63, 3.8) is 0 Å². The predicted molar refractivity (Wildman–Crippen MR) is 97.6 cm³/mol. The lowest BCUT2D eigenvalue weighted by atomic mass is 9.93. The molecular formula is C18H19N3OS. The minimum absolute atomic E-state index is 0.0219. The number of nitrogens with zero attached hydrogens (tertiary/aromatic N) is 2. The fourth-order valence-electron chi connectivity index (χ4n) is 2.24. The topological polar surface area (TPSA) is 57.5 Å². The summed E-state index contributed by atoms with van der Waals surface area (Å²) < 4.78 is 0. The lowest BCUT2D eigenvalue weighted by Gasteiger charge is -2.13. The molecule has 4 nitrogen and oxygen atoms in total. The van der Waals surface area contributed by atoms with Crippen molar-refractivity contribution < 1.29 is 5.11 Å². The maximum Gasteiger partial charge on any atom is 0.203 e. The average molecular weight is 325 g/mol. The van der Waals surface area contributed by atoms with Gasteiger partial charge in [-0.2, -0.15) is 5.10 Å². The number of anilines is 1. The number of hydrogen-bond donors (Lipinski definition) is 2. The highest BCUT2D eigenvalue weighted by Crippen LogP contribution is 2.27. The van der Waals surface area contributed by atoms with E-state index in [1.54, 1.807) is 12.3 Å². The number of phenolic OH excluding ortho intramolecular Hbond substituents is 1. The molecule has 0 amide bonds. The van der Waals surface area contributed by atoms with Crippen LogP contribution in [0.1, 0.15) is 32.0 Å². The summed E-state index contributed by atoms with van der Waals surface area (Å²) in [6, 6.07) is 11.5. The minimum Gasteiger partial charge on any atom is -0.507 e. The van der Waals surface area contributed by atoms with Crippen LogP contribution in [-0.4, -0.2) is 16.3 Å². The number of thiazole rings is 1. The summed E-state index contributed by atoms with van der Waals surface area (Å²) >= 11 is 1.52. The Hall–Kier alpha value is -2.40. The van der Waals surface area contributed by atoms with E-state index >= 15 is 0 Å². The van der Waals surface area contributed by atoms with Gasteiger partial charge in [-0.25, -0.2) is 4.98 Å². The second-order valence-electron chi connectivity index (χ2n) is 6.38. The third kappa shape index (κ3) is 3.35. The lowest BCUT2D eigenvalue weighted by Crippen LogP contribution is -2.11. The molecule has 1 heterocycles. The number of hydrogen-bond acceptors (Lipinski definition) is 5. The molecule has 0 aliphatic heterocycles. The highest BCUT2D eigenvalue weighted by Gasteiger charge is 2.17. The summed E-state index contributed by atoms with van der Waals surface area (Å²) in [6.45, 7) is 6.38. The molecule has 0 aliphatic carbocycles. The molecule has 3 rings (SSSR count). The summed E-state index contributed by atoms with van der Waals surface area (Å²) in [5.41, 5.74) is 4.70. The van der Waals surface area contributed by atoms with E-state index < -0.39 is 0 Å². The monoisotopic (exact) mass is 325 g/mol. The number of rotatable bonds is 3. The van der Waals surface area contributed by atoms with E-state index in [1.807, 2.05) is 35.7 Å². The fourth-order valence-corrected chi connectivity index (χ4v) is 3.13. The zero-order chi connectivity index (χ0) is 16.4. The number of fused-ring (bicyclic) bond motifs is 1. The molecular weight excluding hydrogens is 306 g/mol. The van der Waals surface area contributed by atoms with Crippen molar-refractivity contribution in [2.24, 2.45) is 5.10 Å². The van der Waals surface area contributed by atoms with Crippen LogP contribution >= 0.6 is 11.3 Å². The number of aromatic nitrogens is 1. The molecule has 0 spiro atoms. The van der Waals surface area contributed by atoms with Crippen molar-refractivity contribution in [2.75, 3.05) is 5.43 Å². The van der Waals surface area contributed by atoms with Crippen molar-refractivity contribution in [1.29, 1.82) is 0 Å². The largest absolute Gasteiger partial charge is 0.507 e. The molecule has 0 unspecified atom stereocenters. The molecule has 23 heavy (non-hydrogen) atoms. The SMILES string of the molecule is CC(C)(C)c1csc(N/N=C\c2c(O)ccc3ccccc23)n1. The van der Waals surface area contributed by atoms with Gasteiger partial charge in [0.2, 0.25) is 5.13 Å². The molecule has 3 aromatic rings. The van der Waals surface area contributed by atoms with E-state index in [0.717, 1.165) is 21.6 Å². The quantitative estimate of drug-likeness (QED) is 0.540. The van der Waals surface area contributed by atoms with Crippen LogP contribution in [0.3, 0.4) is 0 Å². The Balaban J connectivity index is 1.84. The highest BCUT2D eigenvalue weighted by molar-refractivity contribution is 7.13. The molecule has 2 aromatic carbocycles. The summed E-state index contributed by atoms with van der Waals surface area (Å²) in [4.78, 5) is 4.53. The third-order valence-electron chi connectivity index (χ3n) is 3.57. The van der Waals surface area contributed by atoms with Crippen molar-refractivity contribution in [2.45, 2.75) is 26.2 Å². The molecule has 0 radical (unpaired) electrons. The molecule has 2 N–H and O–H groups in total. The van der Waals surface area contributed by atoms with Crippen LogP contribution < -0.4 is 5.43 Å². The normalized spacial score (nSPS) is 12.1. The highest BCUT2D eigenvalue weighted by atomic mass is 32.1. The number of nitrogens with one attached hydrogen (secondary N) is 1. The van der Waals surface area contributed by atoms with Crippen molar-refractivity contribution in [1.82, 2.24) is 4.98 Å². The molecule has 5 heteroatoms. The first-order chi connectivity index (χ1) is 10.9. The molecule has 0 aliphatic rings. The zero-order valence-corrected chi connectivity index (χ0v) is 14.2. The van der Waals surface area contributed by atoms with Crippen LogP contribution in [0.25, 0.3) is 10.8 Å². The Kier molecular flexibility index (Phi) is 4.05. The molecule has 118 valence electrons. The van der Waals surface area contributed by atoms with Gasteiger partial charge in [0, 0.05) is 16.4 Å². The van der Waals surface area contributed by atoms with Crippen molar-refractivity contribution >= 4 is 33.5 Å². The summed E-state index contributed by atoms with van der Waals surface area (Å²) in [5, 5.41) is 19.1. The van der Waals surface area contributed by atoms with E-state index in [2.05, 4.69) is 36.3 Å². The standard InChI is InChI=1S/C18H19N3OS/c1-18(2,3)16-11-23-17(20-16)21-19-10-14-13-7-5-4-6-12(13)8-9-15(14)22/h4-11,22H,1-3H3,(H,20,21)/b19-10-. The lowest BCUT2D eigenvalue weighted by molar-refractivity contribution is 0.475. The number of benzene rings is 2. The van der Waals surface area contributed by atoms with Gasteiger partial charge in [0.1, 0.15) is 5.75 Å². The average Bonchev–Trinajstić information content (AvgIpc) is 2.98. The molecule has 0 bridgehead atoms. The van der Waals surface area contributed by atoms with Gasteiger partial charge in [-0.3, -0.25) is 5.43 Å². The molecule has 0 fully saturated rings. The Morgan fingerprint density at radius 1 is 1.17 bits per heavy atom. The smallest absolute Gasteiger partial charge is 0.203 e. The second kappa shape index (κ2) is 6.01. The second-order valence-corrected chi connectivity index (χ2v) is 7.24. The Labute approximate surface area is 139 Å². The Morgan fingerprint density at radius 2 is 1.96 bits per heavy atom. The fraction of sp³-hybridized carbons (Fsp3) is 0.222. The Bertz CT molecular complexity index is 862. The van der Waals surface area contributed by atoms with E-state index in [0.29, 0.717) is 5.56 Å². The van der Waals surface area contributed by atoms with Crippen molar-refractivity contribution in [3.8, 4) is 5.75 Å². The first kappa shape index (κ1) is 15.5. The number of phenols is 1. The van der Waals surface area contributed by atoms with Crippen LogP contribution in [0.15, 0.2) is 46.9 Å². The molecule has 0 saturated heterocycles. The predicted octanol–water partition coefficient (Wildman–Crippen LogP) is 4.75. The summed E-state index contributed by atoms with van der Waals surface area (Å²) in [6.07, 6.45) is 1.63. The first-order valence-corrected chi connectivity index (χ1v) is 8.29. The number of aromatic hydroxyl groups is 1. The molecule has 1 aromatic heterocycles. The Morgan fingerprint density at radius 3 is 2.70 bits per heavy atom. The van der Waals surface area contributed by atoms with Crippen LogP contribution in [0.2, 0.25) is 0 Å². The van der Waals surface area contributed by atoms with E-state index in [1.165, 1.54) is 11.3 Å². The van der Waals surface area contributed by atoms with Gasteiger partial charge in [-0.1, -0.05) is 51.1 Å². The third-order valence-corrected chi connectivity index (χ3v) is 4.32. The maximum atomic E-state index is 10.1. The van der Waals surface area contributed by atoms with Gasteiger partial charge in [0.25, 0.3) is 0 Å². The summed E-state index contributed by atoms with van der Waals surface area (Å²) in [5.74, 6) is 0.212. The van der Waals surface area contributed by atoms with Crippen LogP contribution in [0, 0.1) is 0 Å². The van der Waals surface area contributed by atoms with Crippen LogP contribution in [0.5, 0.6) is 5.75 Å². The molecule has 0 saturated carbocycles.